The number of anilines is 1. The number of thiazole rings is 1. The van der Waals surface area contributed by atoms with E-state index in [1.165, 1.54) is 17.5 Å². The highest BCUT2D eigenvalue weighted by molar-refractivity contribution is 7.15. The minimum Gasteiger partial charge on any atom is -0.507 e. The lowest BCUT2D eigenvalue weighted by atomic mass is 9.68. The molecule has 4 atom stereocenters. The molecular weight excluding hydrogens is 477 g/mol. The minimum atomic E-state index is -1.02. The van der Waals surface area contributed by atoms with Crippen molar-refractivity contribution in [1.29, 1.82) is 5.26 Å². The molecule has 4 heterocycles. The van der Waals surface area contributed by atoms with Crippen molar-refractivity contribution < 1.29 is 9.50 Å². The van der Waals surface area contributed by atoms with Crippen LogP contribution in [-0.4, -0.2) is 54.6 Å². The Labute approximate surface area is 213 Å². The molecule has 1 aromatic carbocycles. The Morgan fingerprint density at radius 2 is 2.03 bits per heavy atom. The second-order valence-electron chi connectivity index (χ2n) is 10.8. The predicted octanol–water partition coefficient (Wildman–Crippen LogP) is 4.61. The maximum atomic E-state index is 16.0. The maximum Gasteiger partial charge on any atom is 0.185 e. The van der Waals surface area contributed by atoms with Gasteiger partial charge in [-0.2, -0.15) is 5.26 Å². The quantitative estimate of drug-likeness (QED) is 0.517. The third kappa shape index (κ3) is 4.00. The van der Waals surface area contributed by atoms with E-state index in [9.17, 15) is 5.11 Å². The Morgan fingerprint density at radius 1 is 1.19 bits per heavy atom. The topological polar surface area (TPSA) is 111 Å². The normalized spacial score (nSPS) is 29.5. The molecule has 1 aliphatic carbocycles. The van der Waals surface area contributed by atoms with E-state index < -0.39 is 11.7 Å². The van der Waals surface area contributed by atoms with Gasteiger partial charge in [-0.05, 0) is 64.5 Å². The fourth-order valence-electron chi connectivity index (χ4n) is 6.05. The van der Waals surface area contributed by atoms with Gasteiger partial charge in [0.25, 0.3) is 0 Å². The first kappa shape index (κ1) is 23.3. The molecule has 10 heteroatoms. The lowest BCUT2D eigenvalue weighted by Crippen LogP contribution is -2.73. The number of phenols is 1. The largest absolute Gasteiger partial charge is 0.507 e. The number of aromatic nitrogens is 4. The standard InChI is InChI=1S/C26H28FN7OS/c1-25-8-3-9-26(2,33-25)22(27)19(11-25)34(16-5-6-16)21-14-29-23(32-31-21)18-7-4-15(10-20(18)35)24-30-13-17(12-28)36-24/h4,7,10,13-14,16,19,22,33,35H,3,5-6,8-9,11H2,1-2H3/t19-,22-,25-,26+/m0/s1. The molecular formula is C26H28FN7OS. The monoisotopic (exact) mass is 505 g/mol. The number of hydrogen-bond acceptors (Lipinski definition) is 9. The molecule has 2 bridgehead atoms. The number of nitrogens with one attached hydrogen (secondary N) is 1. The molecule has 0 unspecified atom stereocenters. The number of nitriles is 1. The molecule has 6 rings (SSSR count). The van der Waals surface area contributed by atoms with Crippen LogP contribution in [0.4, 0.5) is 10.2 Å². The van der Waals surface area contributed by atoms with Crippen LogP contribution in [0.5, 0.6) is 5.75 Å². The summed E-state index contributed by atoms with van der Waals surface area (Å²) in [5, 5.41) is 32.8. The van der Waals surface area contributed by atoms with E-state index in [1.54, 1.807) is 18.3 Å². The van der Waals surface area contributed by atoms with Crippen molar-refractivity contribution >= 4 is 17.2 Å². The van der Waals surface area contributed by atoms with E-state index >= 15 is 4.39 Å². The van der Waals surface area contributed by atoms with Crippen molar-refractivity contribution in [1.82, 2.24) is 25.5 Å². The highest BCUT2D eigenvalue weighted by Crippen LogP contribution is 2.46. The highest BCUT2D eigenvalue weighted by atomic mass is 32.1. The van der Waals surface area contributed by atoms with E-state index in [-0.39, 0.29) is 23.4 Å². The van der Waals surface area contributed by atoms with Gasteiger partial charge in [0, 0.05) is 22.7 Å². The summed E-state index contributed by atoms with van der Waals surface area (Å²) in [4.78, 5) is 11.4. The van der Waals surface area contributed by atoms with Crippen molar-refractivity contribution in [3.63, 3.8) is 0 Å². The SMILES string of the molecule is C[C@@]12CCC[C@@](C)(N1)[C@@H](F)[C@@H](N(c1cnc(-c3ccc(-c4ncc(C#N)s4)cc3O)nn1)C1CC1)C2. The Hall–Kier alpha value is -3.16. The van der Waals surface area contributed by atoms with E-state index in [0.717, 1.165) is 38.5 Å². The number of rotatable bonds is 5. The second kappa shape index (κ2) is 8.46. The van der Waals surface area contributed by atoms with Crippen LogP contribution in [0.25, 0.3) is 22.0 Å². The molecule has 1 saturated carbocycles. The average Bonchev–Trinajstić information content (AvgIpc) is 3.57. The van der Waals surface area contributed by atoms with Crippen LogP contribution in [0.2, 0.25) is 0 Å². The molecule has 0 radical (unpaired) electrons. The molecule has 2 aliphatic heterocycles. The van der Waals surface area contributed by atoms with Crippen molar-refractivity contribution in [2.75, 3.05) is 4.90 Å². The van der Waals surface area contributed by atoms with E-state index in [0.29, 0.717) is 32.7 Å². The highest BCUT2D eigenvalue weighted by Gasteiger charge is 2.55. The van der Waals surface area contributed by atoms with Gasteiger partial charge < -0.3 is 15.3 Å². The summed E-state index contributed by atoms with van der Waals surface area (Å²) in [7, 11) is 0. The molecule has 8 nitrogen and oxygen atoms in total. The molecule has 186 valence electrons. The van der Waals surface area contributed by atoms with Gasteiger partial charge in [-0.3, -0.25) is 0 Å². The van der Waals surface area contributed by atoms with Crippen LogP contribution in [0.15, 0.2) is 30.6 Å². The predicted molar refractivity (Wildman–Crippen MR) is 135 cm³/mol. The first-order chi connectivity index (χ1) is 17.3. The van der Waals surface area contributed by atoms with Crippen LogP contribution < -0.4 is 10.2 Å². The van der Waals surface area contributed by atoms with Crippen molar-refractivity contribution in [3.05, 3.63) is 35.5 Å². The number of fused-ring (bicyclic) bond motifs is 2. The van der Waals surface area contributed by atoms with Gasteiger partial charge in [-0.25, -0.2) is 14.4 Å². The zero-order valence-corrected chi connectivity index (χ0v) is 21.1. The summed E-state index contributed by atoms with van der Waals surface area (Å²) >= 11 is 1.26. The van der Waals surface area contributed by atoms with Gasteiger partial charge in [0.1, 0.15) is 27.9 Å². The zero-order valence-electron chi connectivity index (χ0n) is 20.3. The molecule has 3 fully saturated rings. The second-order valence-corrected chi connectivity index (χ2v) is 11.8. The maximum absolute atomic E-state index is 16.0. The smallest absolute Gasteiger partial charge is 0.185 e. The number of piperidine rings is 2. The van der Waals surface area contributed by atoms with Crippen molar-refractivity contribution in [2.24, 2.45) is 0 Å². The molecule has 0 amide bonds. The Bertz CT molecular complexity index is 1340. The molecule has 36 heavy (non-hydrogen) atoms. The third-order valence-electron chi connectivity index (χ3n) is 7.83. The zero-order chi connectivity index (χ0) is 25.1. The molecule has 2 aromatic heterocycles. The fraction of sp³-hybridized carbons (Fsp3) is 0.500. The van der Waals surface area contributed by atoms with Crippen LogP contribution in [0.3, 0.4) is 0 Å². The molecule has 2 N–H and O–H groups in total. The summed E-state index contributed by atoms with van der Waals surface area (Å²) in [5.74, 6) is 0.892. The van der Waals surface area contributed by atoms with Gasteiger partial charge in [0.2, 0.25) is 0 Å². The number of benzene rings is 1. The van der Waals surface area contributed by atoms with Gasteiger partial charge >= 0.3 is 0 Å². The summed E-state index contributed by atoms with van der Waals surface area (Å²) in [6, 6.07) is 7.17. The summed E-state index contributed by atoms with van der Waals surface area (Å²) < 4.78 is 16.0. The fourth-order valence-corrected chi connectivity index (χ4v) is 6.76. The average molecular weight is 506 g/mol. The molecule has 3 aromatic rings. The number of aromatic hydroxyl groups is 1. The lowest BCUT2D eigenvalue weighted by molar-refractivity contribution is 0.000258. The Kier molecular flexibility index (Phi) is 5.46. The summed E-state index contributed by atoms with van der Waals surface area (Å²) in [5.41, 5.74) is 0.531. The first-order valence-electron chi connectivity index (χ1n) is 12.4. The van der Waals surface area contributed by atoms with Gasteiger partial charge in [0.05, 0.1) is 24.0 Å². The van der Waals surface area contributed by atoms with Gasteiger partial charge in [0.15, 0.2) is 11.6 Å². The first-order valence-corrected chi connectivity index (χ1v) is 13.2. The van der Waals surface area contributed by atoms with E-state index in [1.807, 2.05) is 13.0 Å². The summed E-state index contributed by atoms with van der Waals surface area (Å²) in [6.45, 7) is 4.22. The van der Waals surface area contributed by atoms with Crippen molar-refractivity contribution in [2.45, 2.75) is 81.7 Å². The van der Waals surface area contributed by atoms with E-state index in [4.69, 9.17) is 5.26 Å². The van der Waals surface area contributed by atoms with Crippen LogP contribution in [0.1, 0.15) is 57.2 Å². The van der Waals surface area contributed by atoms with Crippen LogP contribution >= 0.6 is 11.3 Å². The molecule has 0 spiro atoms. The van der Waals surface area contributed by atoms with Gasteiger partial charge in [-0.1, -0.05) is 6.07 Å². The summed E-state index contributed by atoms with van der Waals surface area (Å²) in [6.07, 6.45) is 7.81. The Morgan fingerprint density at radius 3 is 2.69 bits per heavy atom. The molecule has 2 saturated heterocycles. The third-order valence-corrected chi connectivity index (χ3v) is 8.78. The van der Waals surface area contributed by atoms with Crippen molar-refractivity contribution in [3.8, 4) is 33.8 Å². The lowest BCUT2D eigenvalue weighted by Gasteiger charge is -2.57. The minimum absolute atomic E-state index is 0.00524. The van der Waals surface area contributed by atoms with E-state index in [2.05, 4.69) is 43.4 Å². The number of hydrogen-bond donors (Lipinski definition) is 2. The van der Waals surface area contributed by atoms with Gasteiger partial charge in [-0.15, -0.1) is 21.5 Å². The number of phenolic OH excluding ortho intramolecular Hbond substituents is 1. The van der Waals surface area contributed by atoms with Crippen LogP contribution in [0, 0.1) is 11.3 Å². The number of nitrogens with zero attached hydrogens (tertiary/aromatic N) is 6. The number of alkyl halides is 1. The Balaban J connectivity index is 1.28. The molecule has 3 aliphatic rings. The number of halogens is 1. The van der Waals surface area contributed by atoms with Crippen LogP contribution in [-0.2, 0) is 0 Å².